The molecule has 2 aromatic rings. The fourth-order valence-corrected chi connectivity index (χ4v) is 1.99. The van der Waals surface area contributed by atoms with E-state index in [1.807, 2.05) is 0 Å². The number of alkyl halides is 3. The summed E-state index contributed by atoms with van der Waals surface area (Å²) >= 11 is 0. The van der Waals surface area contributed by atoms with Gasteiger partial charge in [0.2, 0.25) is 0 Å². The number of azide groups is 1. The Kier molecular flexibility index (Phi) is 3.42. The second-order valence-electron chi connectivity index (χ2n) is 4.05. The van der Waals surface area contributed by atoms with Gasteiger partial charge in [0.25, 0.3) is 5.78 Å². The number of benzene rings is 1. The highest BCUT2D eigenvalue weighted by Gasteiger charge is 2.40. The number of halogens is 3. The third-order valence-electron chi connectivity index (χ3n) is 2.87. The van der Waals surface area contributed by atoms with Gasteiger partial charge >= 0.3 is 6.18 Å². The molecule has 1 aromatic heterocycles. The van der Waals surface area contributed by atoms with Gasteiger partial charge in [0.15, 0.2) is 0 Å². The molecule has 0 N–H and O–H groups in total. The van der Waals surface area contributed by atoms with E-state index >= 15 is 0 Å². The summed E-state index contributed by atoms with van der Waals surface area (Å²) in [4.78, 5) is 14.0. The maximum Gasteiger partial charge on any atom is 0.454 e. The van der Waals surface area contributed by atoms with Crippen molar-refractivity contribution in [2.75, 3.05) is 0 Å². The Labute approximate surface area is 111 Å². The second-order valence-corrected chi connectivity index (χ2v) is 4.05. The van der Waals surface area contributed by atoms with E-state index < -0.39 is 17.5 Å². The first-order valence-corrected chi connectivity index (χ1v) is 5.68. The van der Waals surface area contributed by atoms with Crippen LogP contribution in [0.2, 0.25) is 0 Å². The molecule has 0 radical (unpaired) electrons. The number of carbonyl (C=O) groups is 1. The van der Waals surface area contributed by atoms with Crippen LogP contribution in [0.25, 0.3) is 21.3 Å². The lowest BCUT2D eigenvalue weighted by Crippen LogP contribution is -2.22. The number of Topliss-reactive ketones (excluding diaryl/α,β-unsaturated/α-hetero) is 1. The van der Waals surface area contributed by atoms with E-state index in [9.17, 15) is 18.0 Å². The first-order valence-electron chi connectivity index (χ1n) is 5.68. The Balaban J connectivity index is 2.73. The quantitative estimate of drug-likeness (QED) is 0.357. The van der Waals surface area contributed by atoms with Gasteiger partial charge in [-0.1, -0.05) is 11.2 Å². The van der Waals surface area contributed by atoms with Gasteiger partial charge < -0.3 is 4.57 Å². The topological polar surface area (TPSA) is 70.8 Å². The molecule has 0 spiro atoms. The molecular formula is C12H9F3N4O. The van der Waals surface area contributed by atoms with Crippen LogP contribution in [0.3, 0.4) is 0 Å². The third kappa shape index (κ3) is 2.33. The summed E-state index contributed by atoms with van der Waals surface area (Å²) in [5.74, 6) is -1.91. The largest absolute Gasteiger partial charge is 0.454 e. The van der Waals surface area contributed by atoms with Crippen LogP contribution in [-0.2, 0) is 6.54 Å². The van der Waals surface area contributed by atoms with Gasteiger partial charge in [-0.25, -0.2) is 0 Å². The minimum absolute atomic E-state index is 0.124. The zero-order chi connectivity index (χ0) is 14.9. The Morgan fingerprint density at radius 2 is 2.15 bits per heavy atom. The normalized spacial score (nSPS) is 11.4. The number of rotatable bonds is 3. The summed E-state index contributed by atoms with van der Waals surface area (Å²) in [5.41, 5.74) is 8.56. The molecule has 1 heterocycles. The first-order chi connectivity index (χ1) is 9.38. The number of carbonyl (C=O) groups excluding carboxylic acids is 1. The molecule has 0 aliphatic carbocycles. The molecule has 0 unspecified atom stereocenters. The molecule has 0 saturated heterocycles. The number of fused-ring (bicyclic) bond motifs is 1. The Hall–Kier alpha value is -2.47. The van der Waals surface area contributed by atoms with Gasteiger partial charge in [-0.2, -0.15) is 13.2 Å². The highest BCUT2D eigenvalue weighted by molar-refractivity contribution is 6.11. The van der Waals surface area contributed by atoms with Crippen molar-refractivity contribution in [1.82, 2.24) is 4.57 Å². The van der Waals surface area contributed by atoms with Crippen molar-refractivity contribution in [1.29, 1.82) is 0 Å². The van der Waals surface area contributed by atoms with Crippen LogP contribution >= 0.6 is 0 Å². The summed E-state index contributed by atoms with van der Waals surface area (Å²) in [6.07, 6.45) is -3.78. The fraction of sp³-hybridized carbons (Fsp3) is 0.250. The molecule has 0 saturated carbocycles. The molecule has 104 valence electrons. The fourth-order valence-electron chi connectivity index (χ4n) is 1.99. The number of aryl methyl sites for hydroxylation is 1. The van der Waals surface area contributed by atoms with E-state index in [2.05, 4.69) is 10.0 Å². The van der Waals surface area contributed by atoms with Crippen LogP contribution < -0.4 is 0 Å². The van der Waals surface area contributed by atoms with E-state index in [1.165, 1.54) is 29.0 Å². The minimum Gasteiger partial charge on any atom is -0.347 e. The third-order valence-corrected chi connectivity index (χ3v) is 2.87. The molecule has 0 fully saturated rings. The highest BCUT2D eigenvalue weighted by atomic mass is 19.4. The van der Waals surface area contributed by atoms with Crippen molar-refractivity contribution in [2.45, 2.75) is 19.6 Å². The summed E-state index contributed by atoms with van der Waals surface area (Å²) < 4.78 is 39.3. The molecule has 2 rings (SSSR count). The molecule has 0 atom stereocenters. The molecule has 5 nitrogen and oxygen atoms in total. The van der Waals surface area contributed by atoms with Gasteiger partial charge in [0.05, 0.1) is 5.56 Å². The van der Waals surface area contributed by atoms with Crippen molar-refractivity contribution in [3.05, 3.63) is 40.4 Å². The molecule has 0 amide bonds. The highest BCUT2D eigenvalue weighted by Crippen LogP contribution is 2.31. The number of hydrogen-bond acceptors (Lipinski definition) is 2. The summed E-state index contributed by atoms with van der Waals surface area (Å²) in [5, 5.41) is 3.46. The van der Waals surface area contributed by atoms with Crippen molar-refractivity contribution >= 4 is 22.4 Å². The van der Waals surface area contributed by atoms with Gasteiger partial charge in [-0.3, -0.25) is 4.79 Å². The van der Waals surface area contributed by atoms with E-state index in [1.54, 1.807) is 6.92 Å². The van der Waals surface area contributed by atoms with Crippen molar-refractivity contribution in [3.8, 4) is 0 Å². The summed E-state index contributed by atoms with van der Waals surface area (Å²) in [6, 6.07) is 4.28. The van der Waals surface area contributed by atoms with Gasteiger partial charge in [0, 0.05) is 34.2 Å². The zero-order valence-electron chi connectivity index (χ0n) is 10.3. The van der Waals surface area contributed by atoms with Crippen molar-refractivity contribution in [3.63, 3.8) is 0 Å². The standard InChI is InChI=1S/C12H9F3N4O/c1-2-19-6-9(11(20)12(13,14)15)8-5-7(17-18-16)3-4-10(8)19/h3-6H,2H2,1H3. The van der Waals surface area contributed by atoms with Crippen LogP contribution in [0.1, 0.15) is 17.3 Å². The molecule has 20 heavy (non-hydrogen) atoms. The van der Waals surface area contributed by atoms with Crippen LogP contribution in [0.5, 0.6) is 0 Å². The lowest BCUT2D eigenvalue weighted by atomic mass is 10.1. The van der Waals surface area contributed by atoms with E-state index in [0.717, 1.165) is 0 Å². The van der Waals surface area contributed by atoms with E-state index in [4.69, 9.17) is 5.53 Å². The van der Waals surface area contributed by atoms with Crippen LogP contribution in [-0.4, -0.2) is 16.5 Å². The molecule has 1 aromatic carbocycles. The Bertz CT molecular complexity index is 726. The summed E-state index contributed by atoms with van der Waals surface area (Å²) in [6.45, 7) is 2.17. The van der Waals surface area contributed by atoms with E-state index in [-0.39, 0.29) is 11.1 Å². The number of hydrogen-bond donors (Lipinski definition) is 0. The maximum atomic E-state index is 12.6. The molecule has 0 bridgehead atoms. The molecule has 8 heteroatoms. The van der Waals surface area contributed by atoms with Crippen LogP contribution in [0.4, 0.5) is 18.9 Å². The summed E-state index contributed by atoms with van der Waals surface area (Å²) in [7, 11) is 0. The van der Waals surface area contributed by atoms with E-state index in [0.29, 0.717) is 12.1 Å². The van der Waals surface area contributed by atoms with Crippen LogP contribution in [0, 0.1) is 0 Å². The van der Waals surface area contributed by atoms with Gasteiger partial charge in [0.1, 0.15) is 0 Å². The second kappa shape index (κ2) is 4.90. The van der Waals surface area contributed by atoms with Crippen molar-refractivity contribution < 1.29 is 18.0 Å². The monoisotopic (exact) mass is 282 g/mol. The van der Waals surface area contributed by atoms with Crippen molar-refractivity contribution in [2.24, 2.45) is 5.11 Å². The number of nitrogens with zero attached hydrogens (tertiary/aromatic N) is 4. The predicted molar refractivity (Wildman–Crippen MR) is 66.8 cm³/mol. The van der Waals surface area contributed by atoms with Crippen LogP contribution in [0.15, 0.2) is 29.5 Å². The number of ketones is 1. The average molecular weight is 282 g/mol. The Morgan fingerprint density at radius 1 is 1.45 bits per heavy atom. The first kappa shape index (κ1) is 14.0. The zero-order valence-corrected chi connectivity index (χ0v) is 10.3. The minimum atomic E-state index is -4.94. The smallest absolute Gasteiger partial charge is 0.347 e. The molecule has 0 aliphatic rings. The van der Waals surface area contributed by atoms with Gasteiger partial charge in [-0.05, 0) is 24.6 Å². The maximum absolute atomic E-state index is 12.6. The van der Waals surface area contributed by atoms with Gasteiger partial charge in [-0.15, -0.1) is 0 Å². The lowest BCUT2D eigenvalue weighted by molar-refractivity contribution is -0.0884. The predicted octanol–water partition coefficient (Wildman–Crippen LogP) is 4.35. The lowest BCUT2D eigenvalue weighted by Gasteiger charge is -2.03. The molecular weight excluding hydrogens is 273 g/mol. The number of aromatic nitrogens is 1. The molecule has 0 aliphatic heterocycles. The Morgan fingerprint density at radius 3 is 2.70 bits per heavy atom. The average Bonchev–Trinajstić information content (AvgIpc) is 2.75. The SMILES string of the molecule is CCn1cc(C(=O)C(F)(F)F)c2cc(N=[N+]=[N-])ccc21.